The van der Waals surface area contributed by atoms with Crippen molar-refractivity contribution in [3.05, 3.63) is 29.6 Å². The fourth-order valence-electron chi connectivity index (χ4n) is 2.44. The summed E-state index contributed by atoms with van der Waals surface area (Å²) < 4.78 is 0. The molecule has 80 valence electrons. The van der Waals surface area contributed by atoms with Crippen LogP contribution in [0.2, 0.25) is 0 Å². The molecule has 1 heterocycles. The van der Waals surface area contributed by atoms with Crippen molar-refractivity contribution < 1.29 is 0 Å². The third-order valence-corrected chi connectivity index (χ3v) is 3.54. The van der Waals surface area contributed by atoms with E-state index in [1.165, 1.54) is 49.9 Å². The SMILES string of the molecule is c1cnc2c(c1)CCC[C@@H]2NCC1CC1. The van der Waals surface area contributed by atoms with Crippen LogP contribution >= 0.6 is 0 Å². The van der Waals surface area contributed by atoms with Crippen LogP contribution in [-0.2, 0) is 6.42 Å². The van der Waals surface area contributed by atoms with E-state index in [-0.39, 0.29) is 0 Å². The molecule has 1 N–H and O–H groups in total. The molecule has 0 aliphatic heterocycles. The summed E-state index contributed by atoms with van der Waals surface area (Å²) in [5, 5.41) is 3.68. The third-order valence-electron chi connectivity index (χ3n) is 3.54. The standard InChI is InChI=1S/C13H18N2/c1-3-11-4-2-8-14-13(11)12(5-1)15-9-10-6-7-10/h2,4,8,10,12,15H,1,3,5-7,9H2/t12-/m0/s1. The Hall–Kier alpha value is -0.890. The fourth-order valence-corrected chi connectivity index (χ4v) is 2.44. The molecule has 0 radical (unpaired) electrons. The van der Waals surface area contributed by atoms with Gasteiger partial charge in [-0.1, -0.05) is 6.07 Å². The van der Waals surface area contributed by atoms with Crippen LogP contribution in [0.4, 0.5) is 0 Å². The highest BCUT2D eigenvalue weighted by Crippen LogP contribution is 2.31. The van der Waals surface area contributed by atoms with E-state index in [0.29, 0.717) is 6.04 Å². The maximum Gasteiger partial charge on any atom is 0.0605 e. The van der Waals surface area contributed by atoms with Crippen molar-refractivity contribution in [3.8, 4) is 0 Å². The van der Waals surface area contributed by atoms with E-state index in [0.717, 1.165) is 5.92 Å². The summed E-state index contributed by atoms with van der Waals surface area (Å²) in [6.45, 7) is 1.20. The van der Waals surface area contributed by atoms with Crippen LogP contribution in [0.5, 0.6) is 0 Å². The first-order valence-electron chi connectivity index (χ1n) is 6.10. The lowest BCUT2D eigenvalue weighted by molar-refractivity contribution is 0.440. The molecule has 2 heteroatoms. The monoisotopic (exact) mass is 202 g/mol. The number of pyridine rings is 1. The van der Waals surface area contributed by atoms with Crippen molar-refractivity contribution in [1.82, 2.24) is 10.3 Å². The minimum absolute atomic E-state index is 0.524. The number of aryl methyl sites for hydroxylation is 1. The molecular weight excluding hydrogens is 184 g/mol. The minimum Gasteiger partial charge on any atom is -0.308 e. The highest BCUT2D eigenvalue weighted by molar-refractivity contribution is 5.25. The van der Waals surface area contributed by atoms with Crippen LogP contribution in [0.25, 0.3) is 0 Å². The van der Waals surface area contributed by atoms with Gasteiger partial charge in [0.25, 0.3) is 0 Å². The van der Waals surface area contributed by atoms with Crippen LogP contribution in [0.3, 0.4) is 0 Å². The molecule has 0 aromatic carbocycles. The molecule has 2 aliphatic carbocycles. The maximum atomic E-state index is 4.54. The third kappa shape index (κ3) is 2.05. The topological polar surface area (TPSA) is 24.9 Å². The van der Waals surface area contributed by atoms with E-state index >= 15 is 0 Å². The maximum absolute atomic E-state index is 4.54. The summed E-state index contributed by atoms with van der Waals surface area (Å²) in [6.07, 6.45) is 8.56. The van der Waals surface area contributed by atoms with E-state index in [1.807, 2.05) is 6.20 Å². The lowest BCUT2D eigenvalue weighted by atomic mass is 9.92. The molecule has 2 nitrogen and oxygen atoms in total. The van der Waals surface area contributed by atoms with Crippen LogP contribution in [0.15, 0.2) is 18.3 Å². The lowest BCUT2D eigenvalue weighted by Gasteiger charge is -2.25. The van der Waals surface area contributed by atoms with Crippen molar-refractivity contribution in [2.75, 3.05) is 6.54 Å². The zero-order valence-electron chi connectivity index (χ0n) is 9.08. The van der Waals surface area contributed by atoms with Crippen molar-refractivity contribution in [2.24, 2.45) is 5.92 Å². The Bertz CT molecular complexity index is 344. The predicted molar refractivity (Wildman–Crippen MR) is 60.6 cm³/mol. The number of aromatic nitrogens is 1. The van der Waals surface area contributed by atoms with Crippen molar-refractivity contribution >= 4 is 0 Å². The lowest BCUT2D eigenvalue weighted by Crippen LogP contribution is -2.27. The van der Waals surface area contributed by atoms with Gasteiger partial charge in [0.05, 0.1) is 5.69 Å². The molecule has 15 heavy (non-hydrogen) atoms. The zero-order valence-corrected chi connectivity index (χ0v) is 9.08. The fraction of sp³-hybridized carbons (Fsp3) is 0.615. The Morgan fingerprint density at radius 3 is 3.13 bits per heavy atom. The summed E-state index contributed by atoms with van der Waals surface area (Å²) in [5.74, 6) is 0.957. The molecule has 1 fully saturated rings. The van der Waals surface area contributed by atoms with Crippen LogP contribution in [0.1, 0.15) is 43.0 Å². The number of fused-ring (bicyclic) bond motifs is 1. The van der Waals surface area contributed by atoms with E-state index in [9.17, 15) is 0 Å². The van der Waals surface area contributed by atoms with E-state index in [4.69, 9.17) is 0 Å². The van der Waals surface area contributed by atoms with Gasteiger partial charge in [0.1, 0.15) is 0 Å². The molecule has 0 amide bonds. The van der Waals surface area contributed by atoms with Gasteiger partial charge in [0.15, 0.2) is 0 Å². The van der Waals surface area contributed by atoms with Gasteiger partial charge in [0, 0.05) is 12.2 Å². The Morgan fingerprint density at radius 2 is 2.27 bits per heavy atom. The summed E-state index contributed by atoms with van der Waals surface area (Å²) in [5.41, 5.74) is 2.77. The van der Waals surface area contributed by atoms with Crippen LogP contribution < -0.4 is 5.32 Å². The average Bonchev–Trinajstić information content (AvgIpc) is 3.10. The van der Waals surface area contributed by atoms with E-state index in [2.05, 4.69) is 22.4 Å². The summed E-state index contributed by atoms with van der Waals surface area (Å²) in [7, 11) is 0. The quantitative estimate of drug-likeness (QED) is 0.814. The molecule has 1 aromatic heterocycles. The number of rotatable bonds is 3. The molecule has 0 spiro atoms. The normalized spacial score (nSPS) is 24.9. The number of hydrogen-bond acceptors (Lipinski definition) is 2. The number of nitrogens with zero attached hydrogens (tertiary/aromatic N) is 1. The first kappa shape index (κ1) is 9.34. The Morgan fingerprint density at radius 1 is 1.33 bits per heavy atom. The summed E-state index contributed by atoms with van der Waals surface area (Å²) >= 11 is 0. The number of nitrogens with one attached hydrogen (secondary N) is 1. The van der Waals surface area contributed by atoms with E-state index in [1.54, 1.807) is 0 Å². The van der Waals surface area contributed by atoms with Gasteiger partial charge in [-0.05, 0) is 56.2 Å². The first-order valence-corrected chi connectivity index (χ1v) is 6.10. The Kier molecular flexibility index (Phi) is 2.45. The molecule has 1 atom stereocenters. The predicted octanol–water partition coefficient (Wildman–Crippen LogP) is 2.46. The molecule has 2 aliphatic rings. The molecule has 1 saturated carbocycles. The second kappa shape index (κ2) is 3.93. The van der Waals surface area contributed by atoms with Gasteiger partial charge in [-0.2, -0.15) is 0 Å². The van der Waals surface area contributed by atoms with Crippen LogP contribution in [0, 0.1) is 5.92 Å². The van der Waals surface area contributed by atoms with Crippen LogP contribution in [-0.4, -0.2) is 11.5 Å². The summed E-state index contributed by atoms with van der Waals surface area (Å²) in [4.78, 5) is 4.54. The highest BCUT2D eigenvalue weighted by atomic mass is 14.9. The Labute approximate surface area is 91.1 Å². The minimum atomic E-state index is 0.524. The highest BCUT2D eigenvalue weighted by Gasteiger charge is 2.25. The van der Waals surface area contributed by atoms with Crippen molar-refractivity contribution in [1.29, 1.82) is 0 Å². The van der Waals surface area contributed by atoms with Crippen molar-refractivity contribution in [2.45, 2.75) is 38.1 Å². The summed E-state index contributed by atoms with van der Waals surface area (Å²) in [6, 6.07) is 4.81. The Balaban J connectivity index is 1.73. The zero-order chi connectivity index (χ0) is 10.1. The molecule has 0 unspecified atom stereocenters. The van der Waals surface area contributed by atoms with Gasteiger partial charge in [-0.15, -0.1) is 0 Å². The molecule has 0 bridgehead atoms. The second-order valence-electron chi connectivity index (χ2n) is 4.84. The average molecular weight is 202 g/mol. The van der Waals surface area contributed by atoms with Gasteiger partial charge in [-0.25, -0.2) is 0 Å². The van der Waals surface area contributed by atoms with Gasteiger partial charge >= 0.3 is 0 Å². The van der Waals surface area contributed by atoms with Crippen molar-refractivity contribution in [3.63, 3.8) is 0 Å². The molecule has 3 rings (SSSR count). The first-order chi connectivity index (χ1) is 7.43. The number of hydrogen-bond donors (Lipinski definition) is 1. The van der Waals surface area contributed by atoms with E-state index < -0.39 is 0 Å². The second-order valence-corrected chi connectivity index (χ2v) is 4.84. The van der Waals surface area contributed by atoms with Gasteiger partial charge in [0.2, 0.25) is 0 Å². The molecule has 0 saturated heterocycles. The largest absolute Gasteiger partial charge is 0.308 e. The molecular formula is C13H18N2. The smallest absolute Gasteiger partial charge is 0.0605 e. The molecule has 1 aromatic rings. The van der Waals surface area contributed by atoms with Gasteiger partial charge < -0.3 is 5.32 Å². The van der Waals surface area contributed by atoms with Gasteiger partial charge in [-0.3, -0.25) is 4.98 Å².